The van der Waals surface area contributed by atoms with E-state index in [1.807, 2.05) is 6.92 Å². The number of methoxy groups -OCH3 is 1. The van der Waals surface area contributed by atoms with E-state index < -0.39 is 0 Å². The Morgan fingerprint density at radius 1 is 1.06 bits per heavy atom. The lowest BCUT2D eigenvalue weighted by Crippen LogP contribution is -2.27. The summed E-state index contributed by atoms with van der Waals surface area (Å²) in [7, 11) is 1.41. The van der Waals surface area contributed by atoms with Crippen LogP contribution in [0.1, 0.15) is 39.0 Å². The van der Waals surface area contributed by atoms with Crippen molar-refractivity contribution in [3.05, 3.63) is 0 Å². The van der Waals surface area contributed by atoms with Crippen molar-refractivity contribution in [3.8, 4) is 0 Å². The summed E-state index contributed by atoms with van der Waals surface area (Å²) in [5, 5.41) is 0. The molecule has 4 nitrogen and oxygen atoms in total. The summed E-state index contributed by atoms with van der Waals surface area (Å²) < 4.78 is 9.79. The first kappa shape index (κ1) is 13.0. The molecule has 0 aliphatic heterocycles. The number of hydrogen-bond donors (Lipinski definition) is 0. The molecule has 4 heteroatoms. The number of esters is 2. The highest BCUT2D eigenvalue weighted by Crippen LogP contribution is 2.30. The molecule has 0 aromatic carbocycles. The Morgan fingerprint density at radius 2 is 1.56 bits per heavy atom. The fraction of sp³-hybridized carbons (Fsp3) is 0.833. The molecular weight excluding hydrogens is 208 g/mol. The molecule has 0 unspecified atom stereocenters. The molecular formula is C12H20O4. The second-order valence-electron chi connectivity index (χ2n) is 4.24. The van der Waals surface area contributed by atoms with Crippen molar-refractivity contribution in [2.24, 2.45) is 11.8 Å². The van der Waals surface area contributed by atoms with Gasteiger partial charge in [0.05, 0.1) is 25.6 Å². The van der Waals surface area contributed by atoms with Crippen LogP contribution in [-0.2, 0) is 19.1 Å². The number of hydrogen-bond acceptors (Lipinski definition) is 4. The molecule has 0 spiro atoms. The highest BCUT2D eigenvalue weighted by molar-refractivity contribution is 5.75. The van der Waals surface area contributed by atoms with Crippen LogP contribution in [0, 0.1) is 11.8 Å². The maximum absolute atomic E-state index is 11.6. The van der Waals surface area contributed by atoms with E-state index in [0.29, 0.717) is 6.61 Å². The first-order valence-electron chi connectivity index (χ1n) is 5.93. The molecule has 16 heavy (non-hydrogen) atoms. The molecule has 0 bridgehead atoms. The van der Waals surface area contributed by atoms with Gasteiger partial charge in [-0.3, -0.25) is 9.59 Å². The van der Waals surface area contributed by atoms with Gasteiger partial charge in [0.2, 0.25) is 0 Å². The summed E-state index contributed by atoms with van der Waals surface area (Å²) in [6.45, 7) is 2.47. The Kier molecular flexibility index (Phi) is 5.29. The van der Waals surface area contributed by atoms with Gasteiger partial charge in [-0.1, -0.05) is 6.92 Å². The predicted octanol–water partition coefficient (Wildman–Crippen LogP) is 1.92. The number of rotatable bonds is 4. The van der Waals surface area contributed by atoms with Crippen LogP contribution < -0.4 is 0 Å². The molecule has 0 N–H and O–H groups in total. The average Bonchev–Trinajstić information content (AvgIpc) is 2.35. The van der Waals surface area contributed by atoms with E-state index in [-0.39, 0.29) is 23.8 Å². The highest BCUT2D eigenvalue weighted by atomic mass is 16.5. The first-order valence-corrected chi connectivity index (χ1v) is 5.93. The molecule has 0 aromatic rings. The number of carbonyl (C=O) groups is 2. The van der Waals surface area contributed by atoms with E-state index in [0.717, 1.165) is 32.1 Å². The summed E-state index contributed by atoms with van der Waals surface area (Å²) in [4.78, 5) is 22.8. The smallest absolute Gasteiger partial charge is 0.308 e. The zero-order valence-electron chi connectivity index (χ0n) is 10.0. The van der Waals surface area contributed by atoms with E-state index in [4.69, 9.17) is 9.47 Å². The van der Waals surface area contributed by atoms with Crippen molar-refractivity contribution in [1.82, 2.24) is 0 Å². The molecule has 1 aliphatic rings. The molecule has 0 aromatic heterocycles. The van der Waals surface area contributed by atoms with Crippen molar-refractivity contribution in [2.75, 3.05) is 13.7 Å². The van der Waals surface area contributed by atoms with Gasteiger partial charge in [0.25, 0.3) is 0 Å². The molecule has 0 heterocycles. The van der Waals surface area contributed by atoms with Gasteiger partial charge in [-0.15, -0.1) is 0 Å². The van der Waals surface area contributed by atoms with E-state index in [9.17, 15) is 9.59 Å². The largest absolute Gasteiger partial charge is 0.469 e. The van der Waals surface area contributed by atoms with Gasteiger partial charge in [0.1, 0.15) is 0 Å². The van der Waals surface area contributed by atoms with Gasteiger partial charge in [-0.25, -0.2) is 0 Å². The highest BCUT2D eigenvalue weighted by Gasteiger charge is 2.31. The van der Waals surface area contributed by atoms with Crippen LogP contribution in [-0.4, -0.2) is 25.7 Å². The molecule has 1 aliphatic carbocycles. The lowest BCUT2D eigenvalue weighted by molar-refractivity contribution is -0.153. The summed E-state index contributed by atoms with van der Waals surface area (Å²) in [6.07, 6.45) is 3.80. The molecule has 0 atom stereocenters. The monoisotopic (exact) mass is 228 g/mol. The molecule has 0 saturated heterocycles. The van der Waals surface area contributed by atoms with Crippen molar-refractivity contribution in [1.29, 1.82) is 0 Å². The van der Waals surface area contributed by atoms with Gasteiger partial charge in [-0.05, 0) is 32.1 Å². The van der Waals surface area contributed by atoms with E-state index in [1.54, 1.807) is 0 Å². The number of ether oxygens (including phenoxy) is 2. The summed E-state index contributed by atoms with van der Waals surface area (Å²) in [5.41, 5.74) is 0. The van der Waals surface area contributed by atoms with Crippen LogP contribution in [0.5, 0.6) is 0 Å². The van der Waals surface area contributed by atoms with Crippen LogP contribution in [0.3, 0.4) is 0 Å². The topological polar surface area (TPSA) is 52.6 Å². The van der Waals surface area contributed by atoms with E-state index >= 15 is 0 Å². The molecule has 1 fully saturated rings. The third kappa shape index (κ3) is 3.51. The Morgan fingerprint density at radius 3 is 2.00 bits per heavy atom. The summed E-state index contributed by atoms with van der Waals surface area (Å²) >= 11 is 0. The Hall–Kier alpha value is -1.06. The van der Waals surface area contributed by atoms with Crippen LogP contribution in [0.2, 0.25) is 0 Å². The summed E-state index contributed by atoms with van der Waals surface area (Å²) in [6, 6.07) is 0. The maximum Gasteiger partial charge on any atom is 0.308 e. The van der Waals surface area contributed by atoms with Crippen molar-refractivity contribution in [2.45, 2.75) is 39.0 Å². The standard InChI is InChI=1S/C12H20O4/c1-3-8-16-12(14)10-6-4-9(5-7-10)11(13)15-2/h9-10H,3-8H2,1-2H3. The zero-order valence-corrected chi connectivity index (χ0v) is 10.0. The van der Waals surface area contributed by atoms with Gasteiger partial charge in [0, 0.05) is 0 Å². The first-order chi connectivity index (χ1) is 7.69. The maximum atomic E-state index is 11.6. The molecule has 1 rings (SSSR count). The fourth-order valence-electron chi connectivity index (χ4n) is 2.05. The van der Waals surface area contributed by atoms with E-state index in [2.05, 4.69) is 0 Å². The van der Waals surface area contributed by atoms with E-state index in [1.165, 1.54) is 7.11 Å². The van der Waals surface area contributed by atoms with Crippen LogP contribution in [0.25, 0.3) is 0 Å². The normalized spacial score (nSPS) is 24.9. The average molecular weight is 228 g/mol. The summed E-state index contributed by atoms with van der Waals surface area (Å²) in [5.74, 6) is -0.307. The van der Waals surface area contributed by atoms with Crippen molar-refractivity contribution >= 4 is 11.9 Å². The van der Waals surface area contributed by atoms with Crippen LogP contribution in [0.4, 0.5) is 0 Å². The fourth-order valence-corrected chi connectivity index (χ4v) is 2.05. The second kappa shape index (κ2) is 6.51. The Labute approximate surface area is 96.3 Å². The third-order valence-corrected chi connectivity index (χ3v) is 3.04. The number of carbonyl (C=O) groups excluding carboxylic acids is 2. The minimum Gasteiger partial charge on any atom is -0.469 e. The van der Waals surface area contributed by atoms with Gasteiger partial charge < -0.3 is 9.47 Å². The van der Waals surface area contributed by atoms with Gasteiger partial charge in [0.15, 0.2) is 0 Å². The van der Waals surface area contributed by atoms with Gasteiger partial charge >= 0.3 is 11.9 Å². The molecule has 0 amide bonds. The Balaban J connectivity index is 2.31. The van der Waals surface area contributed by atoms with Crippen LogP contribution in [0.15, 0.2) is 0 Å². The second-order valence-corrected chi connectivity index (χ2v) is 4.24. The molecule has 1 saturated carbocycles. The molecule has 0 radical (unpaired) electrons. The molecule has 92 valence electrons. The zero-order chi connectivity index (χ0) is 12.0. The minimum atomic E-state index is -0.152. The quantitative estimate of drug-likeness (QED) is 0.690. The van der Waals surface area contributed by atoms with Crippen molar-refractivity contribution < 1.29 is 19.1 Å². The Bertz CT molecular complexity index is 241. The lowest BCUT2D eigenvalue weighted by Gasteiger charge is -2.25. The SMILES string of the molecule is CCCOC(=O)C1CCC(C(=O)OC)CC1. The van der Waals surface area contributed by atoms with Gasteiger partial charge in [-0.2, -0.15) is 0 Å². The minimum absolute atomic E-state index is 0.0209. The van der Waals surface area contributed by atoms with Crippen LogP contribution >= 0.6 is 0 Å². The van der Waals surface area contributed by atoms with Crippen molar-refractivity contribution in [3.63, 3.8) is 0 Å². The predicted molar refractivity (Wildman–Crippen MR) is 58.7 cm³/mol. The lowest BCUT2D eigenvalue weighted by atomic mass is 9.82. The third-order valence-electron chi connectivity index (χ3n) is 3.04.